The van der Waals surface area contributed by atoms with E-state index in [4.69, 9.17) is 0 Å². The molecule has 0 unspecified atom stereocenters. The smallest absolute Gasteiger partial charge is 0.271 e. The summed E-state index contributed by atoms with van der Waals surface area (Å²) in [7, 11) is 0. The normalized spacial score (nSPS) is 13.3. The van der Waals surface area contributed by atoms with Gasteiger partial charge < -0.3 is 4.98 Å². The number of aromatic nitrogens is 1. The summed E-state index contributed by atoms with van der Waals surface area (Å²) >= 11 is 0. The molecular formula is C20H18FN3O2. The Labute approximate surface area is 149 Å². The van der Waals surface area contributed by atoms with Crippen LogP contribution in [0.2, 0.25) is 0 Å². The Hall–Kier alpha value is -3.15. The van der Waals surface area contributed by atoms with Gasteiger partial charge in [0.15, 0.2) is 0 Å². The van der Waals surface area contributed by atoms with Crippen LogP contribution in [0.25, 0.3) is 10.9 Å². The predicted molar refractivity (Wildman–Crippen MR) is 96.3 cm³/mol. The summed E-state index contributed by atoms with van der Waals surface area (Å²) in [6.45, 7) is 0. The topological polar surface area (TPSA) is 74.0 Å². The van der Waals surface area contributed by atoms with E-state index in [-0.39, 0.29) is 5.56 Å². The zero-order valence-corrected chi connectivity index (χ0v) is 14.1. The van der Waals surface area contributed by atoms with Crippen LogP contribution in [0.3, 0.4) is 0 Å². The minimum absolute atomic E-state index is 0.264. The lowest BCUT2D eigenvalue weighted by molar-refractivity contribution is 0.0847. The molecule has 1 aromatic heterocycles. The Kier molecular flexibility index (Phi) is 4.16. The van der Waals surface area contributed by atoms with Gasteiger partial charge in [0.2, 0.25) is 0 Å². The molecule has 3 aromatic rings. The number of hydrazine groups is 1. The lowest BCUT2D eigenvalue weighted by Crippen LogP contribution is -2.41. The molecule has 0 aliphatic heterocycles. The maximum Gasteiger partial charge on any atom is 0.271 e. The van der Waals surface area contributed by atoms with E-state index in [0.717, 1.165) is 36.6 Å². The number of rotatable bonds is 2. The second kappa shape index (κ2) is 6.63. The number of carbonyl (C=O) groups excluding carboxylic acids is 2. The van der Waals surface area contributed by atoms with Gasteiger partial charge >= 0.3 is 0 Å². The van der Waals surface area contributed by atoms with Crippen LogP contribution in [0.1, 0.15) is 44.8 Å². The minimum Gasteiger partial charge on any atom is -0.358 e. The van der Waals surface area contributed by atoms with Gasteiger partial charge in [-0.05, 0) is 61.6 Å². The third-order valence-corrected chi connectivity index (χ3v) is 4.77. The number of nitrogens with one attached hydrogen (secondary N) is 3. The highest BCUT2D eigenvalue weighted by Gasteiger charge is 2.19. The molecule has 0 radical (unpaired) electrons. The second-order valence-corrected chi connectivity index (χ2v) is 6.43. The zero-order chi connectivity index (χ0) is 18.1. The van der Waals surface area contributed by atoms with Crippen molar-refractivity contribution in [3.8, 4) is 0 Å². The van der Waals surface area contributed by atoms with Crippen LogP contribution in [0.5, 0.6) is 0 Å². The lowest BCUT2D eigenvalue weighted by atomic mass is 9.95. The zero-order valence-electron chi connectivity index (χ0n) is 14.1. The first-order chi connectivity index (χ1) is 12.6. The van der Waals surface area contributed by atoms with E-state index in [2.05, 4.69) is 15.8 Å². The van der Waals surface area contributed by atoms with Crippen LogP contribution < -0.4 is 10.9 Å². The van der Waals surface area contributed by atoms with E-state index < -0.39 is 17.6 Å². The summed E-state index contributed by atoms with van der Waals surface area (Å²) in [6.07, 6.45) is 4.31. The number of para-hydroxylation sites is 1. The fourth-order valence-electron chi connectivity index (χ4n) is 3.47. The third-order valence-electron chi connectivity index (χ3n) is 4.77. The predicted octanol–water partition coefficient (Wildman–Crippen LogP) is 3.26. The van der Waals surface area contributed by atoms with Gasteiger partial charge in [0, 0.05) is 16.6 Å². The molecule has 5 nitrogen and oxygen atoms in total. The van der Waals surface area contributed by atoms with E-state index in [1.54, 1.807) is 6.07 Å². The van der Waals surface area contributed by atoms with Crippen LogP contribution in [0.4, 0.5) is 4.39 Å². The first-order valence-corrected chi connectivity index (χ1v) is 8.62. The summed E-state index contributed by atoms with van der Waals surface area (Å²) in [4.78, 5) is 28.0. The standard InChI is InChI=1S/C20H18FN3O2/c21-13-10-8-12(9-11-13)19(25)23-24-20(26)16-6-3-5-15-14-4-1-2-7-17(14)22-18(15)16/h3,5-6,8-11,22H,1-2,4,7H2,(H,23,25)(H,24,26). The van der Waals surface area contributed by atoms with Crippen molar-refractivity contribution in [3.63, 3.8) is 0 Å². The molecule has 1 aliphatic carbocycles. The molecular weight excluding hydrogens is 333 g/mol. The van der Waals surface area contributed by atoms with Crippen molar-refractivity contribution in [1.82, 2.24) is 15.8 Å². The monoisotopic (exact) mass is 351 g/mol. The molecule has 26 heavy (non-hydrogen) atoms. The van der Waals surface area contributed by atoms with Crippen molar-refractivity contribution in [1.29, 1.82) is 0 Å². The first-order valence-electron chi connectivity index (χ1n) is 8.62. The summed E-state index contributed by atoms with van der Waals surface area (Å²) < 4.78 is 12.9. The SMILES string of the molecule is O=C(NNC(=O)c1cccc2c3c([nH]c12)CCCC3)c1ccc(F)cc1. The van der Waals surface area contributed by atoms with E-state index in [1.807, 2.05) is 12.1 Å². The molecule has 0 bridgehead atoms. The summed E-state index contributed by atoms with van der Waals surface area (Å²) in [6, 6.07) is 10.7. The van der Waals surface area contributed by atoms with Crippen LogP contribution in [-0.4, -0.2) is 16.8 Å². The summed E-state index contributed by atoms with van der Waals surface area (Å²) in [5, 5.41) is 1.07. The third kappa shape index (κ3) is 2.94. The average molecular weight is 351 g/mol. The van der Waals surface area contributed by atoms with E-state index in [1.165, 1.54) is 35.5 Å². The molecule has 2 aromatic carbocycles. The van der Waals surface area contributed by atoms with E-state index in [0.29, 0.717) is 5.56 Å². The molecule has 0 atom stereocenters. The number of carbonyl (C=O) groups is 2. The summed E-state index contributed by atoms with van der Waals surface area (Å²) in [5.41, 5.74) is 8.83. The summed E-state index contributed by atoms with van der Waals surface area (Å²) in [5.74, 6) is -1.33. The van der Waals surface area contributed by atoms with Gasteiger partial charge in [-0.2, -0.15) is 0 Å². The molecule has 6 heteroatoms. The molecule has 0 spiro atoms. The number of hydrogen-bond acceptors (Lipinski definition) is 2. The quantitative estimate of drug-likeness (QED) is 0.620. The van der Waals surface area contributed by atoms with Crippen molar-refractivity contribution >= 4 is 22.7 Å². The Morgan fingerprint density at radius 2 is 1.65 bits per heavy atom. The highest BCUT2D eigenvalue weighted by molar-refractivity contribution is 6.07. The van der Waals surface area contributed by atoms with Crippen LogP contribution >= 0.6 is 0 Å². The van der Waals surface area contributed by atoms with Crippen molar-refractivity contribution in [2.24, 2.45) is 0 Å². The van der Waals surface area contributed by atoms with E-state index >= 15 is 0 Å². The highest BCUT2D eigenvalue weighted by atomic mass is 19.1. The molecule has 2 amide bonds. The van der Waals surface area contributed by atoms with Crippen LogP contribution in [0.15, 0.2) is 42.5 Å². The van der Waals surface area contributed by atoms with Gasteiger partial charge in [-0.25, -0.2) is 4.39 Å². The molecule has 0 saturated carbocycles. The number of aromatic amines is 1. The molecule has 0 saturated heterocycles. The largest absolute Gasteiger partial charge is 0.358 e. The van der Waals surface area contributed by atoms with Gasteiger partial charge in [-0.1, -0.05) is 12.1 Å². The Balaban J connectivity index is 1.54. The van der Waals surface area contributed by atoms with Gasteiger partial charge in [0.1, 0.15) is 5.82 Å². The number of aryl methyl sites for hydroxylation is 2. The molecule has 132 valence electrons. The molecule has 0 fully saturated rings. The van der Waals surface area contributed by atoms with Gasteiger partial charge in [-0.3, -0.25) is 20.4 Å². The van der Waals surface area contributed by atoms with Crippen molar-refractivity contribution in [2.75, 3.05) is 0 Å². The number of benzene rings is 2. The number of hydrogen-bond donors (Lipinski definition) is 3. The fraction of sp³-hybridized carbons (Fsp3) is 0.200. The number of amides is 2. The van der Waals surface area contributed by atoms with Gasteiger partial charge in [0.25, 0.3) is 11.8 Å². The van der Waals surface area contributed by atoms with Crippen molar-refractivity contribution in [3.05, 3.63) is 70.7 Å². The van der Waals surface area contributed by atoms with Gasteiger partial charge in [0.05, 0.1) is 11.1 Å². The Bertz CT molecular complexity index is 992. The van der Waals surface area contributed by atoms with Crippen molar-refractivity contribution in [2.45, 2.75) is 25.7 Å². The lowest BCUT2D eigenvalue weighted by Gasteiger charge is -2.10. The first kappa shape index (κ1) is 16.3. The average Bonchev–Trinajstić information content (AvgIpc) is 3.05. The van der Waals surface area contributed by atoms with Crippen LogP contribution in [0, 0.1) is 5.82 Å². The Morgan fingerprint density at radius 3 is 2.46 bits per heavy atom. The number of fused-ring (bicyclic) bond motifs is 3. The number of H-pyrrole nitrogens is 1. The minimum atomic E-state index is -0.503. The Morgan fingerprint density at radius 1 is 0.923 bits per heavy atom. The van der Waals surface area contributed by atoms with Crippen LogP contribution in [-0.2, 0) is 12.8 Å². The van der Waals surface area contributed by atoms with Gasteiger partial charge in [-0.15, -0.1) is 0 Å². The van der Waals surface area contributed by atoms with Crippen molar-refractivity contribution < 1.29 is 14.0 Å². The fourth-order valence-corrected chi connectivity index (χ4v) is 3.47. The highest BCUT2D eigenvalue weighted by Crippen LogP contribution is 2.30. The molecule has 1 heterocycles. The maximum atomic E-state index is 12.9. The number of halogens is 1. The molecule has 1 aliphatic rings. The second-order valence-electron chi connectivity index (χ2n) is 6.43. The maximum absolute atomic E-state index is 12.9. The molecule has 4 rings (SSSR count). The van der Waals surface area contributed by atoms with E-state index in [9.17, 15) is 14.0 Å². The molecule has 3 N–H and O–H groups in total.